The number of carbonyl (C=O) groups is 2. The van der Waals surface area contributed by atoms with Gasteiger partial charge in [-0.2, -0.15) is 0 Å². The van der Waals surface area contributed by atoms with Gasteiger partial charge in [0.05, 0.1) is 22.3 Å². The Morgan fingerprint density at radius 3 is 2.70 bits per heavy atom. The fourth-order valence-corrected chi connectivity index (χ4v) is 5.31. The van der Waals surface area contributed by atoms with Crippen molar-refractivity contribution in [2.45, 2.75) is 32.4 Å². The summed E-state index contributed by atoms with van der Waals surface area (Å²) < 4.78 is 6.28. The fraction of sp³-hybridized carbons (Fsp3) is 0.200. The quantitative estimate of drug-likeness (QED) is 0.210. The van der Waals surface area contributed by atoms with Gasteiger partial charge in [-0.3, -0.25) is 9.78 Å². The molecule has 1 saturated heterocycles. The maximum Gasteiger partial charge on any atom is 0.335 e. The van der Waals surface area contributed by atoms with E-state index in [-0.39, 0.29) is 23.9 Å². The van der Waals surface area contributed by atoms with Crippen LogP contribution in [0.25, 0.3) is 11.3 Å². The molecule has 2 aromatic heterocycles. The molecule has 1 fully saturated rings. The van der Waals surface area contributed by atoms with Crippen LogP contribution in [0.3, 0.4) is 0 Å². The summed E-state index contributed by atoms with van der Waals surface area (Å²) in [6.07, 6.45) is 1.91. The zero-order chi connectivity index (χ0) is 28.4. The number of carboxylic acid groups (broad SMARTS) is 1. The van der Waals surface area contributed by atoms with Crippen LogP contribution in [0.2, 0.25) is 5.02 Å². The molecular formula is C30H27ClN4O4S. The lowest BCUT2D eigenvalue weighted by Gasteiger charge is -2.26. The predicted octanol–water partition coefficient (Wildman–Crippen LogP) is 6.31. The van der Waals surface area contributed by atoms with Gasteiger partial charge in [0.25, 0.3) is 0 Å². The summed E-state index contributed by atoms with van der Waals surface area (Å²) in [5, 5.41) is 16.6. The highest BCUT2D eigenvalue weighted by Gasteiger charge is 2.41. The third-order valence-electron chi connectivity index (χ3n) is 6.84. The maximum absolute atomic E-state index is 12.9. The van der Waals surface area contributed by atoms with Gasteiger partial charge in [0.15, 0.2) is 5.11 Å². The van der Waals surface area contributed by atoms with E-state index in [9.17, 15) is 14.7 Å². The van der Waals surface area contributed by atoms with Crippen molar-refractivity contribution >= 4 is 46.5 Å². The average molecular weight is 575 g/mol. The average Bonchev–Trinajstić information content (AvgIpc) is 3.54. The number of furan rings is 1. The van der Waals surface area contributed by atoms with E-state index in [4.69, 9.17) is 28.2 Å². The molecule has 5 rings (SSSR count). The first-order chi connectivity index (χ1) is 19.2. The van der Waals surface area contributed by atoms with Crippen molar-refractivity contribution in [2.75, 3.05) is 11.9 Å². The van der Waals surface area contributed by atoms with Gasteiger partial charge in [-0.25, -0.2) is 4.79 Å². The first-order valence-electron chi connectivity index (χ1n) is 12.7. The zero-order valence-corrected chi connectivity index (χ0v) is 23.4. The Labute approximate surface area is 242 Å². The van der Waals surface area contributed by atoms with Crippen molar-refractivity contribution in [3.8, 4) is 11.3 Å². The number of benzene rings is 2. The van der Waals surface area contributed by atoms with E-state index < -0.39 is 12.0 Å². The molecule has 0 unspecified atom stereocenters. The van der Waals surface area contributed by atoms with Gasteiger partial charge >= 0.3 is 5.97 Å². The Balaban J connectivity index is 1.43. The topological polar surface area (TPSA) is 108 Å². The number of hydrogen-bond acceptors (Lipinski definition) is 5. The lowest BCUT2D eigenvalue weighted by molar-refractivity contribution is -0.116. The van der Waals surface area contributed by atoms with Crippen LogP contribution in [0.1, 0.15) is 51.4 Å². The van der Waals surface area contributed by atoms with E-state index in [0.717, 1.165) is 22.5 Å². The number of rotatable bonds is 8. The number of halogens is 1. The van der Waals surface area contributed by atoms with Crippen molar-refractivity contribution in [2.24, 2.45) is 0 Å². The van der Waals surface area contributed by atoms with Crippen LogP contribution < -0.4 is 10.6 Å². The SMILES string of the molecule is Cc1ccc(C)c(NC(=O)CCN2C(=S)N[C@@H](c3ccccn3)[C@H]2c2ccc(-c3cc(C(=O)O)ccc3Cl)o2)c1. The molecule has 2 atom stereocenters. The van der Waals surface area contributed by atoms with E-state index in [1.165, 1.54) is 18.2 Å². The third kappa shape index (κ3) is 5.71. The van der Waals surface area contributed by atoms with E-state index in [2.05, 4.69) is 15.6 Å². The molecule has 0 saturated carbocycles. The second kappa shape index (κ2) is 11.5. The molecule has 40 heavy (non-hydrogen) atoms. The molecule has 4 aromatic rings. The summed E-state index contributed by atoms with van der Waals surface area (Å²) in [5.41, 5.74) is 4.16. The fourth-order valence-electron chi connectivity index (χ4n) is 4.76. The zero-order valence-electron chi connectivity index (χ0n) is 21.8. The van der Waals surface area contributed by atoms with E-state index >= 15 is 0 Å². The first-order valence-corrected chi connectivity index (χ1v) is 13.5. The second-order valence-corrected chi connectivity index (χ2v) is 10.4. The molecule has 0 bridgehead atoms. The minimum absolute atomic E-state index is 0.101. The molecule has 204 valence electrons. The monoisotopic (exact) mass is 574 g/mol. The smallest absolute Gasteiger partial charge is 0.335 e. The number of aromatic nitrogens is 1. The summed E-state index contributed by atoms with van der Waals surface area (Å²) in [5.74, 6) is -0.192. The standard InChI is InChI=1S/C30H27ClN4O4S/c1-17-6-7-18(2)23(15-17)33-26(36)12-14-35-28(27(34-30(35)40)22-5-3-4-13-32-22)25-11-10-24(39-25)20-16-19(29(37)38)8-9-21(20)31/h3-11,13,15-16,27-28H,12,14H2,1-2H3,(H,33,36)(H,34,40)(H,37,38)/t27-,28+/m0/s1. The highest BCUT2D eigenvalue weighted by atomic mass is 35.5. The largest absolute Gasteiger partial charge is 0.478 e. The van der Waals surface area contributed by atoms with Gasteiger partial charge in [-0.15, -0.1) is 0 Å². The Hall–Kier alpha value is -4.21. The van der Waals surface area contributed by atoms with Gasteiger partial charge in [0, 0.05) is 30.4 Å². The summed E-state index contributed by atoms with van der Waals surface area (Å²) in [4.78, 5) is 30.9. The lowest BCUT2D eigenvalue weighted by Crippen LogP contribution is -2.32. The van der Waals surface area contributed by atoms with Crippen LogP contribution in [0, 0.1) is 13.8 Å². The van der Waals surface area contributed by atoms with Crippen molar-refractivity contribution in [1.29, 1.82) is 0 Å². The highest BCUT2D eigenvalue weighted by molar-refractivity contribution is 7.80. The number of anilines is 1. The summed E-state index contributed by atoms with van der Waals surface area (Å²) >= 11 is 12.1. The summed E-state index contributed by atoms with van der Waals surface area (Å²) in [7, 11) is 0. The van der Waals surface area contributed by atoms with Gasteiger partial charge in [0.2, 0.25) is 5.91 Å². The van der Waals surface area contributed by atoms with Crippen molar-refractivity contribution in [1.82, 2.24) is 15.2 Å². The van der Waals surface area contributed by atoms with Gasteiger partial charge < -0.3 is 25.1 Å². The predicted molar refractivity (Wildman–Crippen MR) is 157 cm³/mol. The molecule has 1 aliphatic rings. The Morgan fingerprint density at radius 1 is 1.12 bits per heavy atom. The molecule has 3 N–H and O–H groups in total. The molecule has 0 spiro atoms. The number of amides is 1. The number of pyridine rings is 1. The molecule has 1 aliphatic heterocycles. The number of carbonyl (C=O) groups excluding carboxylic acids is 1. The molecule has 0 aliphatic carbocycles. The van der Waals surface area contributed by atoms with Crippen LogP contribution in [-0.2, 0) is 4.79 Å². The van der Waals surface area contributed by atoms with E-state index in [1.54, 1.807) is 12.3 Å². The first kappa shape index (κ1) is 27.4. The second-order valence-electron chi connectivity index (χ2n) is 9.64. The molecular weight excluding hydrogens is 548 g/mol. The lowest BCUT2D eigenvalue weighted by atomic mass is 10.0. The van der Waals surface area contributed by atoms with Crippen LogP contribution in [0.4, 0.5) is 5.69 Å². The number of nitrogens with one attached hydrogen (secondary N) is 2. The molecule has 10 heteroatoms. The van der Waals surface area contributed by atoms with Crippen LogP contribution in [-0.4, -0.2) is 38.5 Å². The number of aromatic carboxylic acids is 1. The van der Waals surface area contributed by atoms with Gasteiger partial charge in [0.1, 0.15) is 17.6 Å². The van der Waals surface area contributed by atoms with Crippen molar-refractivity contribution in [3.63, 3.8) is 0 Å². The molecule has 1 amide bonds. The van der Waals surface area contributed by atoms with Gasteiger partial charge in [-0.05, 0) is 85.7 Å². The summed E-state index contributed by atoms with van der Waals surface area (Å²) in [6, 6.07) is 18.9. The molecule has 3 heterocycles. The summed E-state index contributed by atoms with van der Waals surface area (Å²) in [6.45, 7) is 4.27. The Morgan fingerprint density at radius 2 is 1.95 bits per heavy atom. The maximum atomic E-state index is 12.9. The Bertz CT molecular complexity index is 1590. The minimum Gasteiger partial charge on any atom is -0.478 e. The normalized spacial score (nSPS) is 16.6. The highest BCUT2D eigenvalue weighted by Crippen LogP contribution is 2.41. The van der Waals surface area contributed by atoms with Crippen LogP contribution in [0.15, 0.2) is 77.3 Å². The molecule has 0 radical (unpaired) electrons. The Kier molecular flexibility index (Phi) is 7.86. The number of carboxylic acids is 1. The molecule has 2 aromatic carbocycles. The van der Waals surface area contributed by atoms with Crippen LogP contribution in [0.5, 0.6) is 0 Å². The number of hydrogen-bond donors (Lipinski definition) is 3. The third-order valence-corrected chi connectivity index (χ3v) is 7.52. The minimum atomic E-state index is -1.06. The van der Waals surface area contributed by atoms with E-state index in [0.29, 0.717) is 33.8 Å². The number of aryl methyl sites for hydroxylation is 2. The number of thiocarbonyl (C=S) groups is 1. The molecule has 8 nitrogen and oxygen atoms in total. The van der Waals surface area contributed by atoms with Crippen molar-refractivity contribution < 1.29 is 19.1 Å². The van der Waals surface area contributed by atoms with Gasteiger partial charge in [-0.1, -0.05) is 29.8 Å². The van der Waals surface area contributed by atoms with Crippen molar-refractivity contribution in [3.05, 3.63) is 106 Å². The van der Waals surface area contributed by atoms with Crippen LogP contribution >= 0.6 is 23.8 Å². The van der Waals surface area contributed by atoms with E-state index in [1.807, 2.05) is 61.2 Å². The number of nitrogens with zero attached hydrogens (tertiary/aromatic N) is 2.